The minimum Gasteiger partial charge on any atom is -0.365 e. The van der Waals surface area contributed by atoms with Crippen molar-refractivity contribution in [2.24, 2.45) is 0 Å². The zero-order valence-electron chi connectivity index (χ0n) is 13.3. The van der Waals surface area contributed by atoms with E-state index in [1.54, 1.807) is 6.07 Å². The number of benzene rings is 1. The fourth-order valence-corrected chi connectivity index (χ4v) is 2.56. The first-order valence-corrected chi connectivity index (χ1v) is 7.37. The predicted molar refractivity (Wildman–Crippen MR) is 88.7 cm³/mol. The van der Waals surface area contributed by atoms with E-state index in [9.17, 15) is 4.39 Å². The summed E-state index contributed by atoms with van der Waals surface area (Å²) in [6.45, 7) is 8.33. The Morgan fingerprint density at radius 2 is 1.82 bits per heavy atom. The molecular weight excluding hydrogens is 277 g/mol. The Kier molecular flexibility index (Phi) is 3.39. The van der Waals surface area contributed by atoms with Gasteiger partial charge in [0.1, 0.15) is 23.0 Å². The van der Waals surface area contributed by atoms with Crippen LogP contribution in [0.25, 0.3) is 16.9 Å². The second kappa shape index (κ2) is 5.13. The summed E-state index contributed by atoms with van der Waals surface area (Å²) < 4.78 is 15.7. The second-order valence-corrected chi connectivity index (χ2v) is 6.56. The molecule has 0 saturated heterocycles. The predicted octanol–water partition coefficient (Wildman–Crippen LogP) is 4.66. The van der Waals surface area contributed by atoms with E-state index in [1.807, 2.05) is 31.2 Å². The van der Waals surface area contributed by atoms with Gasteiger partial charge in [-0.2, -0.15) is 0 Å². The van der Waals surface area contributed by atoms with Gasteiger partial charge >= 0.3 is 0 Å². The molecule has 2 heterocycles. The van der Waals surface area contributed by atoms with E-state index in [0.717, 1.165) is 28.4 Å². The smallest absolute Gasteiger partial charge is 0.139 e. The molecular formula is C18H20FN3. The molecule has 0 saturated carbocycles. The molecule has 0 fully saturated rings. The maximum atomic E-state index is 13.6. The minimum atomic E-state index is -0.256. The highest BCUT2D eigenvalue weighted by Gasteiger charge is 2.20. The van der Waals surface area contributed by atoms with Gasteiger partial charge in [0.2, 0.25) is 0 Å². The lowest BCUT2D eigenvalue weighted by molar-refractivity contribution is 0.627. The molecule has 0 radical (unpaired) electrons. The molecule has 0 aliphatic heterocycles. The summed E-state index contributed by atoms with van der Waals surface area (Å²) in [4.78, 5) is 4.70. The van der Waals surface area contributed by atoms with Crippen molar-refractivity contribution in [3.8, 4) is 11.3 Å². The maximum Gasteiger partial charge on any atom is 0.139 e. The van der Waals surface area contributed by atoms with Crippen LogP contribution in [0.3, 0.4) is 0 Å². The first-order valence-electron chi connectivity index (χ1n) is 7.37. The van der Waals surface area contributed by atoms with Crippen molar-refractivity contribution in [3.63, 3.8) is 0 Å². The molecule has 114 valence electrons. The number of nitrogens with one attached hydrogen (secondary N) is 1. The highest BCUT2D eigenvalue weighted by molar-refractivity contribution is 5.77. The van der Waals surface area contributed by atoms with Crippen LogP contribution in [0, 0.1) is 12.7 Å². The summed E-state index contributed by atoms with van der Waals surface area (Å²) in [5, 5.41) is 3.51. The van der Waals surface area contributed by atoms with E-state index >= 15 is 0 Å². The Balaban J connectivity index is 2.29. The molecule has 0 atom stereocenters. The normalized spacial score (nSPS) is 11.9. The number of aromatic nitrogens is 2. The topological polar surface area (TPSA) is 29.3 Å². The van der Waals surface area contributed by atoms with E-state index < -0.39 is 0 Å². The minimum absolute atomic E-state index is 0.125. The van der Waals surface area contributed by atoms with Gasteiger partial charge in [0.15, 0.2) is 0 Å². The number of hydrogen-bond acceptors (Lipinski definition) is 2. The number of nitrogens with zero attached hydrogens (tertiary/aromatic N) is 2. The lowest BCUT2D eigenvalue weighted by Crippen LogP contribution is -2.27. The third kappa shape index (κ3) is 2.69. The molecule has 4 heteroatoms. The van der Waals surface area contributed by atoms with E-state index in [1.165, 1.54) is 12.1 Å². The first-order chi connectivity index (χ1) is 10.3. The van der Waals surface area contributed by atoms with Gasteiger partial charge in [-0.25, -0.2) is 9.37 Å². The number of hydrogen-bond donors (Lipinski definition) is 1. The Labute approximate surface area is 129 Å². The zero-order valence-corrected chi connectivity index (χ0v) is 13.3. The number of rotatable bonds is 2. The molecule has 0 unspecified atom stereocenters. The number of pyridine rings is 1. The highest BCUT2D eigenvalue weighted by Crippen LogP contribution is 2.31. The van der Waals surface area contributed by atoms with Gasteiger partial charge in [0.25, 0.3) is 0 Å². The Hall–Kier alpha value is -2.36. The van der Waals surface area contributed by atoms with Crippen LogP contribution in [-0.2, 0) is 0 Å². The van der Waals surface area contributed by atoms with Gasteiger partial charge in [-0.05, 0) is 52.0 Å². The van der Waals surface area contributed by atoms with Crippen LogP contribution in [0.4, 0.5) is 10.2 Å². The van der Waals surface area contributed by atoms with Crippen LogP contribution in [0.2, 0.25) is 0 Å². The van der Waals surface area contributed by atoms with Crippen LogP contribution in [0.1, 0.15) is 26.5 Å². The summed E-state index contributed by atoms with van der Waals surface area (Å²) in [6.07, 6.45) is 0. The molecule has 1 N–H and O–H groups in total. The number of halogens is 1. The number of fused-ring (bicyclic) bond motifs is 1. The van der Waals surface area contributed by atoms with Gasteiger partial charge < -0.3 is 5.32 Å². The Bertz CT molecular complexity index is 828. The summed E-state index contributed by atoms with van der Waals surface area (Å²) in [6, 6.07) is 12.5. The monoisotopic (exact) mass is 297 g/mol. The molecule has 3 rings (SSSR count). The molecule has 3 nitrogen and oxygen atoms in total. The summed E-state index contributed by atoms with van der Waals surface area (Å²) in [5.41, 5.74) is 3.35. The highest BCUT2D eigenvalue weighted by atomic mass is 19.1. The standard InChI is InChI=1S/C18H20FN3/c1-12-7-5-10-15-20-16(13-8-6-9-14(19)11-13)17(22(12)15)21-18(2,3)4/h5-11,21H,1-4H3. The van der Waals surface area contributed by atoms with Gasteiger partial charge in [0.05, 0.1) is 0 Å². The third-order valence-electron chi connectivity index (χ3n) is 3.43. The Morgan fingerprint density at radius 3 is 2.50 bits per heavy atom. The van der Waals surface area contributed by atoms with Crippen molar-refractivity contribution >= 4 is 11.5 Å². The van der Waals surface area contributed by atoms with Crippen molar-refractivity contribution < 1.29 is 4.39 Å². The average Bonchev–Trinajstić information content (AvgIpc) is 2.77. The quantitative estimate of drug-likeness (QED) is 0.745. The Morgan fingerprint density at radius 1 is 1.09 bits per heavy atom. The van der Waals surface area contributed by atoms with Crippen LogP contribution >= 0.6 is 0 Å². The van der Waals surface area contributed by atoms with E-state index in [0.29, 0.717) is 0 Å². The lowest BCUT2D eigenvalue weighted by Gasteiger charge is -2.23. The van der Waals surface area contributed by atoms with E-state index in [-0.39, 0.29) is 11.4 Å². The van der Waals surface area contributed by atoms with Crippen LogP contribution < -0.4 is 5.32 Å². The van der Waals surface area contributed by atoms with Crippen LogP contribution in [0.5, 0.6) is 0 Å². The van der Waals surface area contributed by atoms with Gasteiger partial charge in [-0.15, -0.1) is 0 Å². The van der Waals surface area contributed by atoms with Gasteiger partial charge in [-0.3, -0.25) is 4.40 Å². The third-order valence-corrected chi connectivity index (χ3v) is 3.43. The summed E-state index contributed by atoms with van der Waals surface area (Å²) >= 11 is 0. The van der Waals surface area contributed by atoms with E-state index in [4.69, 9.17) is 4.98 Å². The zero-order chi connectivity index (χ0) is 15.9. The SMILES string of the molecule is Cc1cccc2nc(-c3cccc(F)c3)c(NC(C)(C)C)n12. The molecule has 0 aliphatic rings. The van der Waals surface area contributed by atoms with E-state index in [2.05, 4.69) is 30.5 Å². The molecule has 0 bridgehead atoms. The second-order valence-electron chi connectivity index (χ2n) is 6.56. The fourth-order valence-electron chi connectivity index (χ4n) is 2.56. The van der Waals surface area contributed by atoms with Crippen LogP contribution in [-0.4, -0.2) is 14.9 Å². The van der Waals surface area contributed by atoms with Crippen molar-refractivity contribution in [1.29, 1.82) is 0 Å². The van der Waals surface area contributed by atoms with Gasteiger partial charge in [-0.1, -0.05) is 18.2 Å². The summed E-state index contributed by atoms with van der Waals surface area (Å²) in [7, 11) is 0. The van der Waals surface area contributed by atoms with Crippen molar-refractivity contribution in [1.82, 2.24) is 9.38 Å². The van der Waals surface area contributed by atoms with Crippen LogP contribution in [0.15, 0.2) is 42.5 Å². The molecule has 1 aromatic carbocycles. The number of imidazole rings is 1. The molecule has 0 amide bonds. The molecule has 0 aliphatic carbocycles. The molecule has 2 aromatic heterocycles. The number of aryl methyl sites for hydroxylation is 1. The largest absolute Gasteiger partial charge is 0.365 e. The number of anilines is 1. The van der Waals surface area contributed by atoms with Gasteiger partial charge in [0, 0.05) is 16.8 Å². The average molecular weight is 297 g/mol. The molecule has 22 heavy (non-hydrogen) atoms. The lowest BCUT2D eigenvalue weighted by atomic mass is 10.1. The molecule has 0 spiro atoms. The fraction of sp³-hybridized carbons (Fsp3) is 0.278. The van der Waals surface area contributed by atoms with Crippen molar-refractivity contribution in [2.45, 2.75) is 33.2 Å². The van der Waals surface area contributed by atoms with Crippen molar-refractivity contribution in [3.05, 3.63) is 54.0 Å². The van der Waals surface area contributed by atoms with Crippen molar-refractivity contribution in [2.75, 3.05) is 5.32 Å². The summed E-state index contributed by atoms with van der Waals surface area (Å²) in [5.74, 6) is 0.638. The molecule has 3 aromatic rings. The maximum absolute atomic E-state index is 13.6. The first kappa shape index (κ1) is 14.6.